The molecule has 1 unspecified atom stereocenters. The summed E-state index contributed by atoms with van der Waals surface area (Å²) in [6.07, 6.45) is 4.68. The first-order valence-electron chi connectivity index (χ1n) is 3.70. The van der Waals surface area contributed by atoms with Crippen LogP contribution in [0, 0.1) is 0 Å². The van der Waals surface area contributed by atoms with E-state index in [0.29, 0.717) is 23.3 Å². The number of rotatable bonds is 4. The van der Waals surface area contributed by atoms with E-state index in [0.717, 1.165) is 0 Å². The number of hydrogen-bond acceptors (Lipinski definition) is 4. The van der Waals surface area contributed by atoms with E-state index in [9.17, 15) is 4.21 Å². The second kappa shape index (κ2) is 5.14. The molecule has 13 heavy (non-hydrogen) atoms. The number of aromatic nitrogens is 2. The first kappa shape index (κ1) is 10.4. The molecule has 0 aliphatic carbocycles. The molecule has 0 bridgehead atoms. The van der Waals surface area contributed by atoms with Gasteiger partial charge < -0.3 is 5.32 Å². The van der Waals surface area contributed by atoms with Gasteiger partial charge in [0.05, 0.1) is 17.4 Å². The van der Waals surface area contributed by atoms with Gasteiger partial charge in [-0.15, -0.1) is 0 Å². The zero-order valence-corrected chi connectivity index (χ0v) is 8.73. The molecule has 1 rings (SSSR count). The topological polar surface area (TPSA) is 54.9 Å². The molecule has 1 aromatic rings. The van der Waals surface area contributed by atoms with Gasteiger partial charge in [-0.25, -0.2) is 9.97 Å². The van der Waals surface area contributed by atoms with E-state index in [-0.39, 0.29) is 0 Å². The Morgan fingerprint density at radius 1 is 1.54 bits per heavy atom. The summed E-state index contributed by atoms with van der Waals surface area (Å²) in [6, 6.07) is 0. The second-order valence-electron chi connectivity index (χ2n) is 2.43. The molecule has 72 valence electrons. The van der Waals surface area contributed by atoms with Gasteiger partial charge in [-0.3, -0.25) is 4.21 Å². The molecule has 0 spiro atoms. The van der Waals surface area contributed by atoms with Crippen molar-refractivity contribution in [1.82, 2.24) is 9.97 Å². The average molecular weight is 220 g/mol. The molecule has 0 saturated heterocycles. The molecular formula is C7H10ClN3OS. The Bertz CT molecular complexity index is 290. The SMILES string of the molecule is CS(=O)CCNc1ncc(Cl)cn1. The standard InChI is InChI=1S/C7H10ClN3OS/c1-13(12)3-2-9-7-10-4-6(8)5-11-7/h4-5H,2-3H2,1H3,(H,9,10,11). The lowest BCUT2D eigenvalue weighted by Gasteiger charge is -2.01. The first-order chi connectivity index (χ1) is 6.18. The molecule has 0 amide bonds. The third-order valence-corrected chi connectivity index (χ3v) is 2.27. The number of anilines is 1. The minimum absolute atomic E-state index is 0.504. The van der Waals surface area contributed by atoms with Crippen molar-refractivity contribution in [3.63, 3.8) is 0 Å². The zero-order chi connectivity index (χ0) is 9.68. The van der Waals surface area contributed by atoms with E-state index in [2.05, 4.69) is 15.3 Å². The van der Waals surface area contributed by atoms with Crippen LogP contribution in [-0.4, -0.2) is 32.7 Å². The summed E-state index contributed by atoms with van der Waals surface area (Å²) in [5, 5.41) is 3.43. The van der Waals surface area contributed by atoms with Gasteiger partial charge in [-0.05, 0) is 0 Å². The van der Waals surface area contributed by atoms with E-state index in [1.165, 1.54) is 12.4 Å². The predicted molar refractivity (Wildman–Crippen MR) is 54.5 cm³/mol. The van der Waals surface area contributed by atoms with Crippen LogP contribution >= 0.6 is 11.6 Å². The van der Waals surface area contributed by atoms with Crippen LogP contribution in [0.3, 0.4) is 0 Å². The summed E-state index contributed by atoms with van der Waals surface area (Å²) < 4.78 is 10.7. The van der Waals surface area contributed by atoms with Crippen LogP contribution in [-0.2, 0) is 10.8 Å². The molecule has 0 aliphatic heterocycles. The van der Waals surface area contributed by atoms with Crippen molar-refractivity contribution in [3.05, 3.63) is 17.4 Å². The van der Waals surface area contributed by atoms with Crippen LogP contribution in [0.15, 0.2) is 12.4 Å². The normalized spacial score (nSPS) is 12.5. The molecule has 0 aromatic carbocycles. The van der Waals surface area contributed by atoms with Crippen molar-refractivity contribution in [3.8, 4) is 0 Å². The largest absolute Gasteiger partial charge is 0.353 e. The Hall–Kier alpha value is -0.680. The zero-order valence-electron chi connectivity index (χ0n) is 7.16. The lowest BCUT2D eigenvalue weighted by molar-refractivity contribution is 0.687. The van der Waals surface area contributed by atoms with Crippen molar-refractivity contribution in [2.24, 2.45) is 0 Å². The van der Waals surface area contributed by atoms with E-state index in [1.807, 2.05) is 0 Å². The van der Waals surface area contributed by atoms with E-state index < -0.39 is 10.8 Å². The quantitative estimate of drug-likeness (QED) is 0.819. The summed E-state index contributed by atoms with van der Waals surface area (Å²) in [6.45, 7) is 0.602. The molecule has 4 nitrogen and oxygen atoms in total. The Morgan fingerprint density at radius 2 is 2.15 bits per heavy atom. The van der Waals surface area contributed by atoms with Crippen LogP contribution in [0.25, 0.3) is 0 Å². The number of halogens is 1. The summed E-state index contributed by atoms with van der Waals surface area (Å²) in [4.78, 5) is 7.84. The van der Waals surface area contributed by atoms with E-state index >= 15 is 0 Å². The number of nitrogens with zero attached hydrogens (tertiary/aromatic N) is 2. The molecule has 1 atom stereocenters. The summed E-state index contributed by atoms with van der Waals surface area (Å²) in [5.41, 5.74) is 0. The maximum Gasteiger partial charge on any atom is 0.222 e. The Balaban J connectivity index is 2.37. The monoisotopic (exact) mass is 219 g/mol. The molecular weight excluding hydrogens is 210 g/mol. The smallest absolute Gasteiger partial charge is 0.222 e. The highest BCUT2D eigenvalue weighted by Gasteiger charge is 1.95. The fourth-order valence-corrected chi connectivity index (χ4v) is 1.20. The van der Waals surface area contributed by atoms with Crippen LogP contribution in [0.5, 0.6) is 0 Å². The van der Waals surface area contributed by atoms with Crippen molar-refractivity contribution in [2.45, 2.75) is 0 Å². The molecule has 1 aromatic heterocycles. The van der Waals surface area contributed by atoms with E-state index in [4.69, 9.17) is 11.6 Å². The van der Waals surface area contributed by atoms with Gasteiger partial charge in [0.25, 0.3) is 0 Å². The Labute approximate surface area is 84.2 Å². The Kier molecular flexibility index (Phi) is 4.11. The molecule has 0 saturated carbocycles. The molecule has 0 aliphatic rings. The van der Waals surface area contributed by atoms with Crippen LogP contribution in [0.4, 0.5) is 5.95 Å². The maximum absolute atomic E-state index is 10.7. The number of hydrogen-bond donors (Lipinski definition) is 1. The van der Waals surface area contributed by atoms with Gasteiger partial charge in [-0.2, -0.15) is 0 Å². The lowest BCUT2D eigenvalue weighted by Crippen LogP contribution is -2.11. The summed E-state index contributed by atoms with van der Waals surface area (Å²) in [7, 11) is -0.788. The third-order valence-electron chi connectivity index (χ3n) is 1.29. The summed E-state index contributed by atoms with van der Waals surface area (Å²) >= 11 is 5.59. The van der Waals surface area contributed by atoms with Gasteiger partial charge >= 0.3 is 0 Å². The third kappa shape index (κ3) is 4.19. The molecule has 1 N–H and O–H groups in total. The van der Waals surface area contributed by atoms with Gasteiger partial charge in [0.15, 0.2) is 0 Å². The fourth-order valence-electron chi connectivity index (χ4n) is 0.710. The van der Waals surface area contributed by atoms with Crippen LogP contribution in [0.1, 0.15) is 0 Å². The molecule has 0 fully saturated rings. The number of nitrogens with one attached hydrogen (secondary N) is 1. The van der Waals surface area contributed by atoms with Gasteiger partial charge in [0.1, 0.15) is 0 Å². The molecule has 1 heterocycles. The van der Waals surface area contributed by atoms with Gasteiger partial charge in [0.2, 0.25) is 5.95 Å². The summed E-state index contributed by atoms with van der Waals surface area (Å²) in [5.74, 6) is 1.10. The minimum Gasteiger partial charge on any atom is -0.353 e. The van der Waals surface area contributed by atoms with Crippen molar-refractivity contribution in [1.29, 1.82) is 0 Å². The second-order valence-corrected chi connectivity index (χ2v) is 4.42. The lowest BCUT2D eigenvalue weighted by atomic mass is 10.6. The maximum atomic E-state index is 10.7. The van der Waals surface area contributed by atoms with E-state index in [1.54, 1.807) is 6.26 Å². The van der Waals surface area contributed by atoms with Gasteiger partial charge in [-0.1, -0.05) is 11.6 Å². The first-order valence-corrected chi connectivity index (χ1v) is 5.80. The van der Waals surface area contributed by atoms with Crippen molar-refractivity contribution < 1.29 is 4.21 Å². The molecule has 6 heteroatoms. The molecule has 0 radical (unpaired) electrons. The fraction of sp³-hybridized carbons (Fsp3) is 0.429. The van der Waals surface area contributed by atoms with Gasteiger partial charge in [0, 0.05) is 29.4 Å². The van der Waals surface area contributed by atoms with Crippen molar-refractivity contribution in [2.75, 3.05) is 23.9 Å². The predicted octanol–water partition coefficient (Wildman–Crippen LogP) is 0.920. The Morgan fingerprint density at radius 3 is 2.69 bits per heavy atom. The van der Waals surface area contributed by atoms with Crippen molar-refractivity contribution >= 4 is 28.3 Å². The highest BCUT2D eigenvalue weighted by Crippen LogP contribution is 2.04. The van der Waals surface area contributed by atoms with Crippen LogP contribution in [0.2, 0.25) is 5.02 Å². The average Bonchev–Trinajstić information content (AvgIpc) is 2.08. The minimum atomic E-state index is -0.788. The highest BCUT2D eigenvalue weighted by atomic mass is 35.5. The highest BCUT2D eigenvalue weighted by molar-refractivity contribution is 7.84. The van der Waals surface area contributed by atoms with Crippen LogP contribution < -0.4 is 5.32 Å².